The molecule has 2 radical (unpaired) electrons. The number of rotatable bonds is 5. The van der Waals surface area contributed by atoms with Gasteiger partial charge < -0.3 is 14.8 Å². The second kappa shape index (κ2) is 7.62. The minimum Gasteiger partial charge on any atom is -0.374 e. The van der Waals surface area contributed by atoms with Crippen molar-refractivity contribution in [1.29, 1.82) is 0 Å². The summed E-state index contributed by atoms with van der Waals surface area (Å²) in [5.41, 5.74) is 0.895. The topological polar surface area (TPSA) is 130 Å². The Morgan fingerprint density at radius 3 is 3.07 bits per heavy atom. The number of amides is 1. The number of hydrogen-bond acceptors (Lipinski definition) is 9. The molecule has 0 bridgehead atoms. The van der Waals surface area contributed by atoms with Gasteiger partial charge in [-0.25, -0.2) is 19.8 Å². The third-order valence-electron chi connectivity index (χ3n) is 4.62. The van der Waals surface area contributed by atoms with Crippen LogP contribution in [0.3, 0.4) is 0 Å². The van der Waals surface area contributed by atoms with E-state index in [1.807, 2.05) is 6.92 Å². The van der Waals surface area contributed by atoms with Gasteiger partial charge >= 0.3 is 15.4 Å². The van der Waals surface area contributed by atoms with E-state index in [1.54, 1.807) is 4.57 Å². The van der Waals surface area contributed by atoms with Gasteiger partial charge in [-0.05, 0) is 6.42 Å². The summed E-state index contributed by atoms with van der Waals surface area (Å²) in [6.45, 7) is 2.00. The molecule has 2 saturated heterocycles. The lowest BCUT2D eigenvalue weighted by Gasteiger charge is -2.29. The molecule has 0 saturated carbocycles. The van der Waals surface area contributed by atoms with E-state index in [0.29, 0.717) is 23.4 Å². The minimum atomic E-state index is -3.40. The second-order valence-electron chi connectivity index (χ2n) is 6.54. The number of carbonyl (C=O) groups is 1. The normalized spacial score (nSPS) is 32.4. The third kappa shape index (κ3) is 3.52. The Balaban J connectivity index is 1.65. The van der Waals surface area contributed by atoms with Crippen molar-refractivity contribution in [2.45, 2.75) is 44.3 Å². The zero-order valence-electron chi connectivity index (χ0n) is 15.4. The van der Waals surface area contributed by atoms with Crippen LogP contribution in [0.1, 0.15) is 26.0 Å². The smallest absolute Gasteiger partial charge is 0.374 e. The van der Waals surface area contributed by atoms with Gasteiger partial charge in [-0.15, -0.1) is 0 Å². The van der Waals surface area contributed by atoms with Gasteiger partial charge in [0.2, 0.25) is 5.91 Å². The first-order valence-corrected chi connectivity index (χ1v) is 10.5. The Bertz CT molecular complexity index is 882. The second-order valence-corrected chi connectivity index (χ2v) is 8.14. The highest BCUT2D eigenvalue weighted by molar-refractivity contribution is 7.85. The number of methoxy groups -OCH3 is 1. The Labute approximate surface area is 162 Å². The van der Waals surface area contributed by atoms with Crippen LogP contribution in [0.2, 0.25) is 0 Å². The van der Waals surface area contributed by atoms with Gasteiger partial charge in [-0.1, -0.05) is 6.92 Å². The SMILES string of the molecule is [B][P+]1(O)OC[C@H]2O[C@@H](n3cnc4c(NC(=O)CCC)ncnc43)[C@@H](OC)[C@H]2O1. The van der Waals surface area contributed by atoms with E-state index in [4.69, 9.17) is 26.1 Å². The van der Waals surface area contributed by atoms with Gasteiger partial charge in [0.25, 0.3) is 0 Å². The Morgan fingerprint density at radius 1 is 1.50 bits per heavy atom. The van der Waals surface area contributed by atoms with Crippen LogP contribution in [0.25, 0.3) is 11.2 Å². The molecule has 28 heavy (non-hydrogen) atoms. The minimum absolute atomic E-state index is 0.0851. The average Bonchev–Trinajstić information content (AvgIpc) is 3.22. The molecule has 2 aliphatic rings. The number of hydrogen-bond donors (Lipinski definition) is 2. The molecule has 1 amide bonds. The van der Waals surface area contributed by atoms with E-state index >= 15 is 0 Å². The zero-order chi connectivity index (χ0) is 19.9. The molecule has 4 heterocycles. The summed E-state index contributed by atoms with van der Waals surface area (Å²) in [4.78, 5) is 34.6. The van der Waals surface area contributed by atoms with Crippen LogP contribution in [0.5, 0.6) is 0 Å². The maximum absolute atomic E-state index is 11.9. The van der Waals surface area contributed by atoms with Crippen LogP contribution in [0.4, 0.5) is 5.82 Å². The van der Waals surface area contributed by atoms with Crippen molar-refractivity contribution in [2.24, 2.45) is 0 Å². The first-order chi connectivity index (χ1) is 13.4. The van der Waals surface area contributed by atoms with Crippen molar-refractivity contribution in [3.05, 3.63) is 12.7 Å². The molecule has 1 unspecified atom stereocenters. The summed E-state index contributed by atoms with van der Waals surface area (Å²) in [6, 6.07) is 0. The molecule has 2 aliphatic heterocycles. The molecule has 13 heteroatoms. The van der Waals surface area contributed by atoms with Crippen molar-refractivity contribution >= 4 is 38.3 Å². The molecule has 5 atom stereocenters. The largest absolute Gasteiger partial charge is 0.488 e. The van der Waals surface area contributed by atoms with Gasteiger partial charge in [0.1, 0.15) is 25.1 Å². The number of anilines is 1. The van der Waals surface area contributed by atoms with Crippen molar-refractivity contribution in [3.8, 4) is 0 Å². The Morgan fingerprint density at radius 2 is 2.32 bits per heavy atom. The molecular formula is C15H20BN5O6P+. The highest BCUT2D eigenvalue weighted by Gasteiger charge is 2.57. The first kappa shape index (κ1) is 19.6. The molecule has 0 spiro atoms. The Kier molecular flexibility index (Phi) is 5.34. The lowest BCUT2D eigenvalue weighted by atomic mass is 10.1. The summed E-state index contributed by atoms with van der Waals surface area (Å²) >= 11 is 0. The molecule has 0 aliphatic carbocycles. The molecule has 11 nitrogen and oxygen atoms in total. The lowest BCUT2D eigenvalue weighted by molar-refractivity contribution is -0.116. The fourth-order valence-electron chi connectivity index (χ4n) is 3.38. The van der Waals surface area contributed by atoms with E-state index in [9.17, 15) is 9.69 Å². The number of aromatic nitrogens is 4. The van der Waals surface area contributed by atoms with Crippen molar-refractivity contribution in [3.63, 3.8) is 0 Å². The van der Waals surface area contributed by atoms with Crippen molar-refractivity contribution in [1.82, 2.24) is 19.5 Å². The molecule has 0 aromatic carbocycles. The molecule has 148 valence electrons. The maximum Gasteiger partial charge on any atom is 0.488 e. The number of carbonyl (C=O) groups excluding carboxylic acids is 1. The van der Waals surface area contributed by atoms with Gasteiger partial charge in [0.15, 0.2) is 29.3 Å². The van der Waals surface area contributed by atoms with Crippen LogP contribution < -0.4 is 5.32 Å². The van der Waals surface area contributed by atoms with E-state index < -0.39 is 32.4 Å². The summed E-state index contributed by atoms with van der Waals surface area (Å²) in [6.07, 6.45) is 1.70. The van der Waals surface area contributed by atoms with Crippen LogP contribution in [-0.2, 0) is 23.3 Å². The Hall–Kier alpha value is -1.69. The fourth-order valence-corrected chi connectivity index (χ4v) is 4.41. The predicted molar refractivity (Wildman–Crippen MR) is 99.3 cm³/mol. The van der Waals surface area contributed by atoms with E-state index in [1.165, 1.54) is 19.8 Å². The third-order valence-corrected chi connectivity index (χ3v) is 5.69. The summed E-state index contributed by atoms with van der Waals surface area (Å²) in [7, 11) is 3.74. The van der Waals surface area contributed by atoms with E-state index in [0.717, 1.165) is 6.42 Å². The number of nitrogens with zero attached hydrogens (tertiary/aromatic N) is 4. The summed E-state index contributed by atoms with van der Waals surface area (Å²) in [5, 5.41) is 2.75. The van der Waals surface area contributed by atoms with Crippen LogP contribution in [0.15, 0.2) is 12.7 Å². The van der Waals surface area contributed by atoms with Gasteiger partial charge in [0.05, 0.1) is 6.33 Å². The van der Waals surface area contributed by atoms with E-state index in [-0.39, 0.29) is 12.5 Å². The molecule has 4 rings (SSSR count). The van der Waals surface area contributed by atoms with Crippen LogP contribution in [-0.4, -0.2) is 69.9 Å². The molecular weight excluding hydrogens is 388 g/mol. The predicted octanol–water partition coefficient (Wildman–Crippen LogP) is 0.731. The molecule has 2 aromatic heterocycles. The van der Waals surface area contributed by atoms with Gasteiger partial charge in [-0.2, -0.15) is 9.05 Å². The first-order valence-electron chi connectivity index (χ1n) is 8.82. The summed E-state index contributed by atoms with van der Waals surface area (Å²) < 4.78 is 23.9. The van der Waals surface area contributed by atoms with Crippen molar-refractivity contribution < 1.29 is 28.2 Å². The quantitative estimate of drug-likeness (QED) is 0.543. The lowest BCUT2D eigenvalue weighted by Crippen LogP contribution is -2.41. The molecule has 2 aromatic rings. The maximum atomic E-state index is 11.9. The highest BCUT2D eigenvalue weighted by Crippen LogP contribution is 2.58. The molecule has 2 N–H and O–H groups in total. The number of ether oxygens (including phenoxy) is 2. The monoisotopic (exact) mass is 408 g/mol. The van der Waals surface area contributed by atoms with E-state index in [2.05, 4.69) is 20.3 Å². The van der Waals surface area contributed by atoms with Crippen LogP contribution in [0, 0.1) is 0 Å². The summed E-state index contributed by atoms with van der Waals surface area (Å²) in [5.74, 6) is 0.181. The van der Waals surface area contributed by atoms with Crippen molar-refractivity contribution in [2.75, 3.05) is 19.0 Å². The van der Waals surface area contributed by atoms with Crippen LogP contribution >= 0.6 is 7.82 Å². The standard InChI is InChI=1S/C15H20BN5O6P/c1-3-4-9(22)20-13-10-14(18-6-17-13)21(7-19-10)15-12(24-2)11-8(26-15)5-25-28(16,23)27-11/h6-8,11-12,15,23H,3-5H2,1-2H3,(H,17,18,20,22)/q+1/t8-,11+,12+,15-,28?/m1/s1. The van der Waals surface area contributed by atoms with Gasteiger partial charge in [0, 0.05) is 13.5 Å². The number of imidazole rings is 1. The average molecular weight is 408 g/mol. The fraction of sp³-hybridized carbons (Fsp3) is 0.600. The number of fused-ring (bicyclic) bond motifs is 2. The highest BCUT2D eigenvalue weighted by atomic mass is 31.2. The molecule has 2 fully saturated rings. The van der Waals surface area contributed by atoms with Gasteiger partial charge in [-0.3, -0.25) is 9.36 Å². The zero-order valence-corrected chi connectivity index (χ0v) is 16.3. The number of nitrogens with one attached hydrogen (secondary N) is 1.